The molecule has 0 spiro atoms. The second kappa shape index (κ2) is 8.73. The van der Waals surface area contributed by atoms with Crippen molar-refractivity contribution in [3.63, 3.8) is 0 Å². The number of hydrogen-bond acceptors (Lipinski definition) is 5. The molecule has 1 heterocycles. The monoisotopic (exact) mass is 386 g/mol. The molecule has 28 heavy (non-hydrogen) atoms. The number of likely N-dealkylation sites (N-methyl/N-ethyl adjacent to an activating group) is 1. The lowest BCUT2D eigenvalue weighted by atomic mass is 10.00. The normalized spacial score (nSPS) is 11.6. The van der Waals surface area contributed by atoms with Crippen molar-refractivity contribution in [3.8, 4) is 5.75 Å². The van der Waals surface area contributed by atoms with Gasteiger partial charge >= 0.3 is 5.97 Å². The molecular weight excluding hydrogens is 360 g/mol. The van der Waals surface area contributed by atoms with Gasteiger partial charge in [-0.15, -0.1) is 0 Å². The van der Waals surface area contributed by atoms with Gasteiger partial charge in [-0.05, 0) is 38.5 Å². The van der Waals surface area contributed by atoms with E-state index in [0.29, 0.717) is 28.3 Å². The van der Waals surface area contributed by atoms with E-state index in [9.17, 15) is 14.4 Å². The molecule has 0 unspecified atom stereocenters. The quantitative estimate of drug-likeness (QED) is 0.540. The van der Waals surface area contributed by atoms with Gasteiger partial charge in [-0.2, -0.15) is 0 Å². The number of carbonyl (C=O) groups excluding carboxylic acids is 3. The molecule has 7 heteroatoms. The molecule has 0 saturated carbocycles. The lowest BCUT2D eigenvalue weighted by Gasteiger charge is -2.24. The summed E-state index contributed by atoms with van der Waals surface area (Å²) < 4.78 is 11.9. The highest BCUT2D eigenvalue weighted by Crippen LogP contribution is 2.24. The highest BCUT2D eigenvalue weighted by molar-refractivity contribution is 6.06. The standard InChI is InChI=1S/C21H26N2O5/c1-13-18(14(2)23(5)19(13)21(26)27-6)20(25)15(3)22(4)17(24)12-28-16-10-8-7-9-11-16/h7-11,15H,12H2,1-6H3/t15-/m0/s1. The molecular formula is C21H26N2O5. The van der Waals surface area contributed by atoms with E-state index in [1.165, 1.54) is 12.0 Å². The third-order valence-corrected chi connectivity index (χ3v) is 5.01. The second-order valence-electron chi connectivity index (χ2n) is 6.63. The van der Waals surface area contributed by atoms with E-state index in [1.807, 2.05) is 18.2 Å². The minimum atomic E-state index is -0.711. The van der Waals surface area contributed by atoms with Gasteiger partial charge in [0.05, 0.1) is 13.2 Å². The molecule has 0 fully saturated rings. The molecule has 150 valence electrons. The van der Waals surface area contributed by atoms with Crippen LogP contribution in [-0.4, -0.2) is 53.9 Å². The van der Waals surface area contributed by atoms with Crippen molar-refractivity contribution in [2.45, 2.75) is 26.8 Å². The Kier molecular flexibility index (Phi) is 6.62. The molecule has 1 aromatic heterocycles. The molecule has 0 aliphatic carbocycles. The fourth-order valence-electron chi connectivity index (χ4n) is 3.09. The van der Waals surface area contributed by atoms with Crippen LogP contribution in [0, 0.1) is 13.8 Å². The fourth-order valence-corrected chi connectivity index (χ4v) is 3.09. The summed E-state index contributed by atoms with van der Waals surface area (Å²) in [6, 6.07) is 8.29. The van der Waals surface area contributed by atoms with Crippen LogP contribution in [0.1, 0.15) is 39.0 Å². The van der Waals surface area contributed by atoms with Crippen molar-refractivity contribution >= 4 is 17.7 Å². The van der Waals surface area contributed by atoms with Crippen LogP contribution in [0.3, 0.4) is 0 Å². The van der Waals surface area contributed by atoms with Gasteiger partial charge in [0.1, 0.15) is 11.4 Å². The molecule has 0 saturated heterocycles. The largest absolute Gasteiger partial charge is 0.484 e. The van der Waals surface area contributed by atoms with Gasteiger partial charge < -0.3 is 18.9 Å². The highest BCUT2D eigenvalue weighted by atomic mass is 16.5. The van der Waals surface area contributed by atoms with Crippen molar-refractivity contribution < 1.29 is 23.9 Å². The summed E-state index contributed by atoms with van der Waals surface area (Å²) >= 11 is 0. The van der Waals surface area contributed by atoms with Crippen LogP contribution >= 0.6 is 0 Å². The maximum absolute atomic E-state index is 13.1. The number of carbonyl (C=O) groups is 3. The Labute approximate surface area is 164 Å². The van der Waals surface area contributed by atoms with Gasteiger partial charge in [-0.25, -0.2) is 4.79 Å². The third-order valence-electron chi connectivity index (χ3n) is 5.01. The van der Waals surface area contributed by atoms with Crippen molar-refractivity contribution in [2.75, 3.05) is 20.8 Å². The summed E-state index contributed by atoms with van der Waals surface area (Å²) in [5.41, 5.74) is 1.96. The molecule has 0 aliphatic heterocycles. The first kappa shape index (κ1) is 21.2. The molecule has 1 atom stereocenters. The number of para-hydroxylation sites is 1. The number of rotatable bonds is 7. The summed E-state index contributed by atoms with van der Waals surface area (Å²) in [5, 5.41) is 0. The van der Waals surface area contributed by atoms with Gasteiger partial charge in [-0.1, -0.05) is 18.2 Å². The number of benzene rings is 1. The predicted molar refractivity (Wildman–Crippen MR) is 105 cm³/mol. The second-order valence-corrected chi connectivity index (χ2v) is 6.63. The molecule has 7 nitrogen and oxygen atoms in total. The number of esters is 1. The summed E-state index contributed by atoms with van der Waals surface area (Å²) in [6.45, 7) is 4.96. The van der Waals surface area contributed by atoms with E-state index in [1.54, 1.807) is 51.6 Å². The molecule has 2 aromatic rings. The van der Waals surface area contributed by atoms with Crippen LogP contribution in [0.2, 0.25) is 0 Å². The zero-order chi connectivity index (χ0) is 21.0. The summed E-state index contributed by atoms with van der Waals surface area (Å²) in [6.07, 6.45) is 0. The lowest BCUT2D eigenvalue weighted by molar-refractivity contribution is -0.133. The Hall–Kier alpha value is -3.09. The Morgan fingerprint density at radius 3 is 2.32 bits per heavy atom. The minimum Gasteiger partial charge on any atom is -0.484 e. The number of ether oxygens (including phenoxy) is 2. The molecule has 1 aromatic carbocycles. The van der Waals surface area contributed by atoms with Crippen molar-refractivity contribution in [1.82, 2.24) is 9.47 Å². The van der Waals surface area contributed by atoms with Gasteiger partial charge in [0.2, 0.25) is 0 Å². The van der Waals surface area contributed by atoms with Crippen LogP contribution in [0.25, 0.3) is 0 Å². The lowest BCUT2D eigenvalue weighted by Crippen LogP contribution is -2.43. The van der Waals surface area contributed by atoms with E-state index in [-0.39, 0.29) is 18.3 Å². The van der Waals surface area contributed by atoms with E-state index in [4.69, 9.17) is 9.47 Å². The minimum absolute atomic E-state index is 0.168. The van der Waals surface area contributed by atoms with E-state index in [2.05, 4.69) is 0 Å². The molecule has 0 radical (unpaired) electrons. The molecule has 0 bridgehead atoms. The number of hydrogen-bond donors (Lipinski definition) is 0. The van der Waals surface area contributed by atoms with Crippen LogP contribution in [-0.2, 0) is 16.6 Å². The van der Waals surface area contributed by atoms with E-state index < -0.39 is 12.0 Å². The predicted octanol–water partition coefficient (Wildman–Crippen LogP) is 2.54. The average molecular weight is 386 g/mol. The SMILES string of the molecule is COC(=O)c1c(C)c(C(=O)[C@H](C)N(C)C(=O)COc2ccccc2)c(C)n1C. The molecule has 2 rings (SSSR count). The first-order valence-electron chi connectivity index (χ1n) is 8.92. The number of ketones is 1. The van der Waals surface area contributed by atoms with Crippen LogP contribution in [0.4, 0.5) is 0 Å². The third kappa shape index (κ3) is 4.08. The number of amides is 1. The average Bonchev–Trinajstić information content (AvgIpc) is 2.93. The van der Waals surface area contributed by atoms with Crippen molar-refractivity contribution in [1.29, 1.82) is 0 Å². The summed E-state index contributed by atoms with van der Waals surface area (Å²) in [5.74, 6) is -0.475. The maximum atomic E-state index is 13.1. The van der Waals surface area contributed by atoms with Gasteiger partial charge in [0, 0.05) is 25.4 Å². The van der Waals surface area contributed by atoms with Crippen molar-refractivity contribution in [2.24, 2.45) is 7.05 Å². The Morgan fingerprint density at radius 1 is 1.14 bits per heavy atom. The zero-order valence-corrected chi connectivity index (χ0v) is 17.1. The van der Waals surface area contributed by atoms with Gasteiger partial charge in [0.15, 0.2) is 12.4 Å². The zero-order valence-electron chi connectivity index (χ0n) is 17.1. The number of methoxy groups -OCH3 is 1. The summed E-state index contributed by atoms with van der Waals surface area (Å²) in [4.78, 5) is 38.9. The first-order valence-corrected chi connectivity index (χ1v) is 8.92. The number of aromatic nitrogens is 1. The van der Waals surface area contributed by atoms with Gasteiger partial charge in [-0.3, -0.25) is 9.59 Å². The Morgan fingerprint density at radius 2 is 1.75 bits per heavy atom. The van der Waals surface area contributed by atoms with Crippen LogP contribution < -0.4 is 4.74 Å². The number of nitrogens with zero attached hydrogens (tertiary/aromatic N) is 2. The van der Waals surface area contributed by atoms with Crippen LogP contribution in [0.15, 0.2) is 30.3 Å². The molecule has 0 N–H and O–H groups in total. The highest BCUT2D eigenvalue weighted by Gasteiger charge is 2.30. The Bertz CT molecular complexity index is 886. The topological polar surface area (TPSA) is 77.8 Å². The van der Waals surface area contributed by atoms with E-state index >= 15 is 0 Å². The van der Waals surface area contributed by atoms with Crippen molar-refractivity contribution in [3.05, 3.63) is 52.8 Å². The number of Topliss-reactive ketones (excluding diaryl/α,β-unsaturated/α-hetero) is 1. The van der Waals surface area contributed by atoms with Gasteiger partial charge in [0.25, 0.3) is 5.91 Å². The van der Waals surface area contributed by atoms with Crippen LogP contribution in [0.5, 0.6) is 5.75 Å². The fraction of sp³-hybridized carbons (Fsp3) is 0.381. The molecule has 0 aliphatic rings. The first-order chi connectivity index (χ1) is 13.2. The van der Waals surface area contributed by atoms with E-state index in [0.717, 1.165) is 0 Å². The molecule has 1 amide bonds. The Balaban J connectivity index is 2.17. The maximum Gasteiger partial charge on any atom is 0.354 e. The summed E-state index contributed by atoms with van der Waals surface area (Å²) in [7, 11) is 4.57. The smallest absolute Gasteiger partial charge is 0.354 e.